The molecule has 0 saturated carbocycles. The van der Waals surface area contributed by atoms with Crippen LogP contribution in [0.25, 0.3) is 22.6 Å². The highest BCUT2D eigenvalue weighted by molar-refractivity contribution is 6.32. The number of carbonyl (C=O) groups is 1. The zero-order valence-electron chi connectivity index (χ0n) is 16.4. The molecule has 8 nitrogen and oxygen atoms in total. The molecule has 9 heteroatoms. The number of amides is 1. The van der Waals surface area contributed by atoms with Gasteiger partial charge in [-0.1, -0.05) is 41.9 Å². The summed E-state index contributed by atoms with van der Waals surface area (Å²) in [5.74, 6) is 0.465. The van der Waals surface area contributed by atoms with Crippen LogP contribution in [-0.2, 0) is 4.79 Å². The normalized spacial score (nSPS) is 13.6. The lowest BCUT2D eigenvalue weighted by Gasteiger charge is -2.16. The molecule has 3 aromatic heterocycles. The van der Waals surface area contributed by atoms with Crippen LogP contribution in [0.15, 0.2) is 61.1 Å². The van der Waals surface area contributed by atoms with E-state index >= 15 is 0 Å². The van der Waals surface area contributed by atoms with E-state index in [1.165, 1.54) is 6.20 Å². The van der Waals surface area contributed by atoms with Gasteiger partial charge in [0.15, 0.2) is 0 Å². The lowest BCUT2D eigenvalue weighted by atomic mass is 10.1. The van der Waals surface area contributed by atoms with Crippen molar-refractivity contribution in [2.24, 2.45) is 0 Å². The molecule has 0 unspecified atom stereocenters. The first-order valence-electron chi connectivity index (χ1n) is 9.83. The first-order chi connectivity index (χ1) is 15.2. The van der Waals surface area contributed by atoms with Crippen LogP contribution in [0, 0.1) is 0 Å². The number of nitrogens with one attached hydrogen (secondary N) is 2. The fourth-order valence-corrected chi connectivity index (χ4v) is 3.70. The van der Waals surface area contributed by atoms with Gasteiger partial charge in [-0.2, -0.15) is 5.10 Å². The molecule has 31 heavy (non-hydrogen) atoms. The van der Waals surface area contributed by atoms with Crippen molar-refractivity contribution in [1.29, 1.82) is 0 Å². The van der Waals surface area contributed by atoms with E-state index in [-0.39, 0.29) is 5.91 Å². The number of halogens is 1. The molecule has 0 aliphatic carbocycles. The Morgan fingerprint density at radius 1 is 1.10 bits per heavy atom. The van der Waals surface area contributed by atoms with Gasteiger partial charge in [0, 0.05) is 13.0 Å². The SMILES string of the molecule is O=C1CCCN1c1cncc(Nc2ncc(Cl)c(-c3cc(-c4ccccc4)[nH]n3)n2)c1. The van der Waals surface area contributed by atoms with Gasteiger partial charge in [-0.15, -0.1) is 0 Å². The largest absolute Gasteiger partial charge is 0.323 e. The van der Waals surface area contributed by atoms with E-state index < -0.39 is 0 Å². The number of carbonyl (C=O) groups excluding carboxylic acids is 1. The summed E-state index contributed by atoms with van der Waals surface area (Å²) in [6.45, 7) is 0.703. The average molecular weight is 432 g/mol. The fraction of sp³-hybridized carbons (Fsp3) is 0.136. The van der Waals surface area contributed by atoms with Crippen LogP contribution in [0.1, 0.15) is 12.8 Å². The molecule has 0 spiro atoms. The molecular formula is C22H18ClN7O. The molecule has 1 saturated heterocycles. The van der Waals surface area contributed by atoms with Crippen LogP contribution in [0.3, 0.4) is 0 Å². The smallest absolute Gasteiger partial charge is 0.227 e. The molecule has 1 amide bonds. The van der Waals surface area contributed by atoms with E-state index in [9.17, 15) is 4.79 Å². The van der Waals surface area contributed by atoms with E-state index in [0.29, 0.717) is 41.0 Å². The first-order valence-corrected chi connectivity index (χ1v) is 10.2. The van der Waals surface area contributed by atoms with E-state index in [0.717, 1.165) is 23.4 Å². The van der Waals surface area contributed by atoms with Crippen molar-refractivity contribution >= 4 is 34.8 Å². The van der Waals surface area contributed by atoms with E-state index in [2.05, 4.69) is 30.5 Å². The number of nitrogens with zero attached hydrogens (tertiary/aromatic N) is 5. The topological polar surface area (TPSA) is 99.7 Å². The van der Waals surface area contributed by atoms with Crippen molar-refractivity contribution in [1.82, 2.24) is 25.1 Å². The zero-order chi connectivity index (χ0) is 21.2. The van der Waals surface area contributed by atoms with Crippen molar-refractivity contribution < 1.29 is 4.79 Å². The van der Waals surface area contributed by atoms with Gasteiger partial charge in [0.2, 0.25) is 11.9 Å². The summed E-state index contributed by atoms with van der Waals surface area (Å²) in [5.41, 5.74) is 4.44. The maximum Gasteiger partial charge on any atom is 0.227 e. The minimum atomic E-state index is 0.108. The lowest BCUT2D eigenvalue weighted by molar-refractivity contribution is -0.117. The van der Waals surface area contributed by atoms with Crippen LogP contribution in [0.4, 0.5) is 17.3 Å². The monoisotopic (exact) mass is 431 g/mol. The Balaban J connectivity index is 1.41. The van der Waals surface area contributed by atoms with E-state index in [1.807, 2.05) is 42.5 Å². The third kappa shape index (κ3) is 3.97. The predicted molar refractivity (Wildman–Crippen MR) is 119 cm³/mol. The molecule has 1 fully saturated rings. The standard InChI is InChI=1S/C22H18ClN7O/c23-17-13-25-22(26-15-9-16(12-24-11-15)30-8-4-7-20(30)31)27-21(17)19-10-18(28-29-19)14-5-2-1-3-6-14/h1-3,5-6,9-13H,4,7-8H2,(H,28,29)(H,25,26,27). The molecule has 1 aliphatic rings. The second kappa shape index (κ2) is 8.16. The number of pyridine rings is 1. The molecule has 0 atom stereocenters. The molecule has 154 valence electrons. The summed E-state index contributed by atoms with van der Waals surface area (Å²) in [4.78, 5) is 26.8. The highest BCUT2D eigenvalue weighted by Gasteiger charge is 2.22. The number of hydrogen-bond donors (Lipinski definition) is 2. The summed E-state index contributed by atoms with van der Waals surface area (Å²) in [7, 11) is 0. The molecule has 0 bridgehead atoms. The number of rotatable bonds is 5. The van der Waals surface area contributed by atoms with Gasteiger partial charge < -0.3 is 10.2 Å². The van der Waals surface area contributed by atoms with E-state index in [1.54, 1.807) is 17.3 Å². The van der Waals surface area contributed by atoms with Crippen LogP contribution in [0.5, 0.6) is 0 Å². The molecule has 1 aromatic carbocycles. The molecular weight excluding hydrogens is 414 g/mol. The van der Waals surface area contributed by atoms with Gasteiger partial charge in [-0.25, -0.2) is 9.97 Å². The summed E-state index contributed by atoms with van der Waals surface area (Å²) in [6.07, 6.45) is 6.29. The van der Waals surface area contributed by atoms with Crippen molar-refractivity contribution in [3.05, 3.63) is 66.1 Å². The second-order valence-corrected chi connectivity index (χ2v) is 7.54. The molecule has 4 aromatic rings. The van der Waals surface area contributed by atoms with Gasteiger partial charge in [-0.3, -0.25) is 14.9 Å². The zero-order valence-corrected chi connectivity index (χ0v) is 17.2. The predicted octanol–water partition coefficient (Wildman–Crippen LogP) is 4.45. The first kappa shape index (κ1) is 19.2. The minimum Gasteiger partial charge on any atom is -0.323 e. The lowest BCUT2D eigenvalue weighted by Crippen LogP contribution is -2.23. The van der Waals surface area contributed by atoms with Crippen molar-refractivity contribution in [2.75, 3.05) is 16.8 Å². The fourth-order valence-electron chi connectivity index (χ4n) is 3.51. The maximum atomic E-state index is 12.0. The molecule has 0 radical (unpaired) electrons. The molecule has 5 rings (SSSR count). The summed E-state index contributed by atoms with van der Waals surface area (Å²) >= 11 is 6.35. The van der Waals surface area contributed by atoms with Crippen LogP contribution >= 0.6 is 11.6 Å². The van der Waals surface area contributed by atoms with Gasteiger partial charge in [0.25, 0.3) is 0 Å². The third-order valence-corrected chi connectivity index (χ3v) is 5.29. The van der Waals surface area contributed by atoms with Crippen LogP contribution in [-0.4, -0.2) is 37.6 Å². The summed E-state index contributed by atoms with van der Waals surface area (Å²) in [6, 6.07) is 13.6. The second-order valence-electron chi connectivity index (χ2n) is 7.13. The number of anilines is 3. The van der Waals surface area contributed by atoms with Crippen molar-refractivity contribution in [3.63, 3.8) is 0 Å². The Morgan fingerprint density at radius 2 is 1.97 bits per heavy atom. The third-order valence-electron chi connectivity index (χ3n) is 5.01. The molecule has 1 aliphatic heterocycles. The van der Waals surface area contributed by atoms with Crippen LogP contribution in [0.2, 0.25) is 5.02 Å². The van der Waals surface area contributed by atoms with Crippen molar-refractivity contribution in [2.45, 2.75) is 12.8 Å². The Kier molecular flexibility index (Phi) is 5.05. The van der Waals surface area contributed by atoms with Crippen LogP contribution < -0.4 is 10.2 Å². The minimum absolute atomic E-state index is 0.108. The average Bonchev–Trinajstić information content (AvgIpc) is 3.45. The Labute approximate surface area is 183 Å². The summed E-state index contributed by atoms with van der Waals surface area (Å²) < 4.78 is 0. The Bertz CT molecular complexity index is 1240. The number of aromatic amines is 1. The van der Waals surface area contributed by atoms with Crippen molar-refractivity contribution in [3.8, 4) is 22.6 Å². The highest BCUT2D eigenvalue weighted by atomic mass is 35.5. The number of hydrogen-bond acceptors (Lipinski definition) is 6. The Hall–Kier alpha value is -3.78. The maximum absolute atomic E-state index is 12.0. The Morgan fingerprint density at radius 3 is 2.77 bits per heavy atom. The van der Waals surface area contributed by atoms with Gasteiger partial charge in [0.05, 0.1) is 40.7 Å². The molecule has 2 N–H and O–H groups in total. The van der Waals surface area contributed by atoms with Gasteiger partial charge in [-0.05, 0) is 24.1 Å². The highest BCUT2D eigenvalue weighted by Crippen LogP contribution is 2.29. The number of H-pyrrole nitrogens is 1. The van der Waals surface area contributed by atoms with E-state index in [4.69, 9.17) is 11.6 Å². The number of aromatic nitrogens is 5. The molecule has 4 heterocycles. The van der Waals surface area contributed by atoms with Gasteiger partial charge in [0.1, 0.15) is 11.4 Å². The van der Waals surface area contributed by atoms with Gasteiger partial charge >= 0.3 is 0 Å². The summed E-state index contributed by atoms with van der Waals surface area (Å²) in [5, 5.41) is 10.9. The number of benzene rings is 1. The quantitative estimate of drug-likeness (QED) is 0.484.